The highest BCUT2D eigenvalue weighted by Gasteiger charge is 2.12. The molecule has 0 radical (unpaired) electrons. The summed E-state index contributed by atoms with van der Waals surface area (Å²) in [7, 11) is 0. The van der Waals surface area contributed by atoms with Gasteiger partial charge in [-0.1, -0.05) is 18.2 Å². The second-order valence-electron chi connectivity index (χ2n) is 7.34. The summed E-state index contributed by atoms with van der Waals surface area (Å²) in [5.41, 5.74) is 10.3. The number of nitrogens with one attached hydrogen (secondary N) is 2. The van der Waals surface area contributed by atoms with Gasteiger partial charge >= 0.3 is 5.69 Å². The van der Waals surface area contributed by atoms with E-state index in [1.165, 1.54) is 24.0 Å². The zero-order chi connectivity index (χ0) is 19.3. The quantitative estimate of drug-likeness (QED) is 0.552. The van der Waals surface area contributed by atoms with E-state index in [0.717, 1.165) is 49.1 Å². The lowest BCUT2D eigenvalue weighted by Gasteiger charge is -2.10. The summed E-state index contributed by atoms with van der Waals surface area (Å²) in [6.45, 7) is 2.40. The van der Waals surface area contributed by atoms with Gasteiger partial charge in [-0.2, -0.15) is 4.98 Å². The number of hydrogen-bond donors (Lipinski definition) is 3. The third-order valence-electron chi connectivity index (χ3n) is 5.25. The van der Waals surface area contributed by atoms with Gasteiger partial charge in [0, 0.05) is 23.8 Å². The smallest absolute Gasteiger partial charge is 0.339 e. The number of nitrogens with two attached hydrogens (primary N) is 1. The maximum atomic E-state index is 12.5. The van der Waals surface area contributed by atoms with Crippen LogP contribution in [0.3, 0.4) is 0 Å². The van der Waals surface area contributed by atoms with Crippen LogP contribution in [0.25, 0.3) is 22.3 Å². The fourth-order valence-electron chi connectivity index (χ4n) is 3.67. The van der Waals surface area contributed by atoms with Crippen LogP contribution in [-0.4, -0.2) is 27.6 Å². The molecular weight excluding hydrogens is 350 g/mol. The molecule has 0 aliphatic heterocycles. The zero-order valence-corrected chi connectivity index (χ0v) is 16.1. The first kappa shape index (κ1) is 18.7. The van der Waals surface area contributed by atoms with Crippen molar-refractivity contribution in [1.29, 1.82) is 0 Å². The largest absolute Gasteiger partial charge is 0.354 e. The van der Waals surface area contributed by atoms with Gasteiger partial charge in [0.25, 0.3) is 0 Å². The standard InChI is InChI=1S/C22H27N5O/c23-11-4-12-24-14-16-7-9-19(10-8-16)27-15-18-13-20(17-5-2-1-3-6-17)25-21(18)26-22(27)28/h5,7-10,13,15,24H,1-4,6,11-12,14,23H2,(H,25,26,28). The Labute approximate surface area is 164 Å². The van der Waals surface area contributed by atoms with Gasteiger partial charge in [0.2, 0.25) is 0 Å². The van der Waals surface area contributed by atoms with E-state index in [-0.39, 0.29) is 5.69 Å². The molecule has 0 spiro atoms. The van der Waals surface area contributed by atoms with Crippen LogP contribution in [0, 0.1) is 0 Å². The van der Waals surface area contributed by atoms with Crippen LogP contribution in [0.1, 0.15) is 43.4 Å². The molecule has 28 heavy (non-hydrogen) atoms. The van der Waals surface area contributed by atoms with Crippen molar-refractivity contribution in [2.24, 2.45) is 5.73 Å². The molecule has 3 aromatic rings. The number of fused-ring (bicyclic) bond motifs is 1. The highest BCUT2D eigenvalue weighted by molar-refractivity contribution is 5.81. The van der Waals surface area contributed by atoms with E-state index in [1.807, 2.05) is 30.5 Å². The molecule has 4 N–H and O–H groups in total. The first-order valence-corrected chi connectivity index (χ1v) is 10.1. The predicted octanol–water partition coefficient (Wildman–Crippen LogP) is 3.11. The third-order valence-corrected chi connectivity index (χ3v) is 5.25. The van der Waals surface area contributed by atoms with Crippen molar-refractivity contribution >= 4 is 16.6 Å². The number of H-pyrrole nitrogens is 1. The van der Waals surface area contributed by atoms with E-state index < -0.39 is 0 Å². The van der Waals surface area contributed by atoms with Gasteiger partial charge < -0.3 is 16.0 Å². The molecule has 4 rings (SSSR count). The summed E-state index contributed by atoms with van der Waals surface area (Å²) in [6.07, 6.45) is 9.81. The lowest BCUT2D eigenvalue weighted by molar-refractivity contribution is 0.655. The highest BCUT2D eigenvalue weighted by Crippen LogP contribution is 2.28. The van der Waals surface area contributed by atoms with E-state index in [9.17, 15) is 4.79 Å². The minimum Gasteiger partial charge on any atom is -0.339 e. The van der Waals surface area contributed by atoms with Crippen LogP contribution in [0.15, 0.2) is 47.4 Å². The van der Waals surface area contributed by atoms with Crippen molar-refractivity contribution in [1.82, 2.24) is 19.9 Å². The minimum absolute atomic E-state index is 0.271. The Hall–Kier alpha value is -2.70. The third kappa shape index (κ3) is 4.08. The molecule has 1 aliphatic carbocycles. The molecule has 1 aromatic carbocycles. The SMILES string of the molecule is NCCCNCc1ccc(-n2cc3cc(C4=CCCCC4)[nH]c3nc2=O)cc1. The number of aromatic amines is 1. The number of benzene rings is 1. The average molecular weight is 377 g/mol. The van der Waals surface area contributed by atoms with E-state index in [1.54, 1.807) is 4.57 Å². The molecule has 2 aromatic heterocycles. The summed E-state index contributed by atoms with van der Waals surface area (Å²) in [5.74, 6) is 0. The molecule has 2 heterocycles. The molecular formula is C22H27N5O. The fourth-order valence-corrected chi connectivity index (χ4v) is 3.67. The van der Waals surface area contributed by atoms with E-state index >= 15 is 0 Å². The molecule has 6 nitrogen and oxygen atoms in total. The zero-order valence-electron chi connectivity index (χ0n) is 16.1. The second-order valence-corrected chi connectivity index (χ2v) is 7.34. The minimum atomic E-state index is -0.271. The molecule has 0 unspecified atom stereocenters. The lowest BCUT2D eigenvalue weighted by atomic mass is 9.97. The van der Waals surface area contributed by atoms with Gasteiger partial charge in [0.15, 0.2) is 0 Å². The maximum Gasteiger partial charge on any atom is 0.354 e. The summed E-state index contributed by atoms with van der Waals surface area (Å²) in [5, 5.41) is 4.31. The molecule has 6 heteroatoms. The fraction of sp³-hybridized carbons (Fsp3) is 0.364. The van der Waals surface area contributed by atoms with Crippen molar-refractivity contribution in [3.8, 4) is 5.69 Å². The summed E-state index contributed by atoms with van der Waals surface area (Å²) in [6, 6.07) is 10.1. The Morgan fingerprint density at radius 3 is 2.82 bits per heavy atom. The van der Waals surface area contributed by atoms with Gasteiger partial charge in [0.1, 0.15) is 5.65 Å². The summed E-state index contributed by atoms with van der Waals surface area (Å²) < 4.78 is 1.61. The van der Waals surface area contributed by atoms with E-state index in [2.05, 4.69) is 27.4 Å². The van der Waals surface area contributed by atoms with Crippen molar-refractivity contribution in [3.05, 3.63) is 64.3 Å². The molecule has 146 valence electrons. The molecule has 1 aliphatic rings. The normalized spacial score (nSPS) is 14.4. The van der Waals surface area contributed by atoms with Gasteiger partial charge in [0.05, 0.1) is 5.69 Å². The van der Waals surface area contributed by atoms with Crippen LogP contribution in [-0.2, 0) is 6.54 Å². The number of allylic oxidation sites excluding steroid dienone is 2. The van der Waals surface area contributed by atoms with Crippen molar-refractivity contribution in [3.63, 3.8) is 0 Å². The molecule has 0 saturated heterocycles. The number of rotatable bonds is 7. The second kappa shape index (κ2) is 8.54. The first-order chi connectivity index (χ1) is 13.7. The maximum absolute atomic E-state index is 12.5. The molecule has 0 bridgehead atoms. The first-order valence-electron chi connectivity index (χ1n) is 10.1. The van der Waals surface area contributed by atoms with Crippen molar-refractivity contribution < 1.29 is 0 Å². The Morgan fingerprint density at radius 1 is 1.21 bits per heavy atom. The molecule has 0 fully saturated rings. The van der Waals surface area contributed by atoms with Crippen LogP contribution in [0.5, 0.6) is 0 Å². The van der Waals surface area contributed by atoms with Crippen LogP contribution < -0.4 is 16.7 Å². The Morgan fingerprint density at radius 2 is 2.07 bits per heavy atom. The van der Waals surface area contributed by atoms with Crippen LogP contribution in [0.2, 0.25) is 0 Å². The van der Waals surface area contributed by atoms with Gasteiger partial charge in [-0.25, -0.2) is 4.79 Å². The number of hydrogen-bond acceptors (Lipinski definition) is 4. The summed E-state index contributed by atoms with van der Waals surface area (Å²) >= 11 is 0. The molecule has 0 saturated carbocycles. The van der Waals surface area contributed by atoms with Gasteiger partial charge in [-0.15, -0.1) is 0 Å². The van der Waals surface area contributed by atoms with E-state index in [0.29, 0.717) is 12.2 Å². The monoisotopic (exact) mass is 377 g/mol. The van der Waals surface area contributed by atoms with Crippen molar-refractivity contribution in [2.45, 2.75) is 38.6 Å². The predicted molar refractivity (Wildman–Crippen MR) is 114 cm³/mol. The molecule has 0 amide bonds. The Balaban J connectivity index is 1.57. The van der Waals surface area contributed by atoms with Gasteiger partial charge in [-0.3, -0.25) is 4.57 Å². The Kier molecular flexibility index (Phi) is 5.69. The highest BCUT2D eigenvalue weighted by atomic mass is 16.1. The van der Waals surface area contributed by atoms with Gasteiger partial charge in [-0.05, 0) is 74.5 Å². The van der Waals surface area contributed by atoms with E-state index in [4.69, 9.17) is 5.73 Å². The average Bonchev–Trinajstić information content (AvgIpc) is 3.15. The molecule has 0 atom stereocenters. The van der Waals surface area contributed by atoms with Crippen molar-refractivity contribution in [2.75, 3.05) is 13.1 Å². The number of aromatic nitrogens is 3. The van der Waals surface area contributed by atoms with Crippen LogP contribution >= 0.6 is 0 Å². The topological polar surface area (TPSA) is 88.7 Å². The van der Waals surface area contributed by atoms with Crippen LogP contribution in [0.4, 0.5) is 0 Å². The Bertz CT molecular complexity index is 1030. The summed E-state index contributed by atoms with van der Waals surface area (Å²) in [4.78, 5) is 20.1. The lowest BCUT2D eigenvalue weighted by Crippen LogP contribution is -2.20. The number of nitrogens with zero attached hydrogens (tertiary/aromatic N) is 2.